The number of carbonyl (C=O) groups is 1. The molecular weight excluding hydrogens is 296 g/mol. The molecule has 0 atom stereocenters. The van der Waals surface area contributed by atoms with Gasteiger partial charge in [0.25, 0.3) is 0 Å². The topological polar surface area (TPSA) is 106 Å². The smallest absolute Gasteiger partial charge is 0.306 e. The van der Waals surface area contributed by atoms with Gasteiger partial charge in [-0.3, -0.25) is 4.79 Å². The minimum Gasteiger partial charge on any atom is -0.481 e. The van der Waals surface area contributed by atoms with Crippen LogP contribution in [-0.4, -0.2) is 37.6 Å². The average Bonchev–Trinajstić information content (AvgIpc) is 2.47. The quantitative estimate of drug-likeness (QED) is 0.840. The summed E-state index contributed by atoms with van der Waals surface area (Å²) in [5, 5.41) is 8.93. The van der Waals surface area contributed by atoms with Gasteiger partial charge >= 0.3 is 5.97 Å². The molecule has 0 amide bonds. The van der Waals surface area contributed by atoms with Gasteiger partial charge in [0.15, 0.2) is 0 Å². The molecule has 21 heavy (non-hydrogen) atoms. The number of carboxylic acids is 1. The van der Waals surface area contributed by atoms with Gasteiger partial charge in [-0.15, -0.1) is 0 Å². The first kappa shape index (κ1) is 15.7. The van der Waals surface area contributed by atoms with Gasteiger partial charge < -0.3 is 9.84 Å². The van der Waals surface area contributed by atoms with Crippen LogP contribution in [0.3, 0.4) is 0 Å². The fourth-order valence-electron chi connectivity index (χ4n) is 2.39. The number of pyridine rings is 1. The summed E-state index contributed by atoms with van der Waals surface area (Å²) in [6, 6.07) is 2.68. The number of nitrogens with zero attached hydrogens (tertiary/aromatic N) is 1. The third-order valence-corrected chi connectivity index (χ3v) is 5.13. The predicted octanol–water partition coefficient (Wildman–Crippen LogP) is 1.01. The summed E-state index contributed by atoms with van der Waals surface area (Å²) in [7, 11) is -2.18. The molecule has 1 aliphatic rings. The molecule has 1 aliphatic carbocycles. The van der Waals surface area contributed by atoms with E-state index in [-0.39, 0.29) is 16.9 Å². The van der Waals surface area contributed by atoms with E-state index >= 15 is 0 Å². The minimum atomic E-state index is -3.64. The van der Waals surface area contributed by atoms with Crippen molar-refractivity contribution < 1.29 is 23.1 Å². The molecule has 0 saturated heterocycles. The van der Waals surface area contributed by atoms with Crippen LogP contribution in [0.15, 0.2) is 23.2 Å². The van der Waals surface area contributed by atoms with Crippen molar-refractivity contribution in [3.8, 4) is 5.88 Å². The molecule has 116 valence electrons. The minimum absolute atomic E-state index is 0.0728. The predicted molar refractivity (Wildman–Crippen MR) is 74.5 cm³/mol. The normalized spacial score (nSPS) is 22.7. The van der Waals surface area contributed by atoms with Crippen molar-refractivity contribution in [3.63, 3.8) is 0 Å². The zero-order valence-electron chi connectivity index (χ0n) is 11.7. The van der Waals surface area contributed by atoms with Crippen molar-refractivity contribution in [3.05, 3.63) is 18.3 Å². The van der Waals surface area contributed by atoms with Crippen LogP contribution in [0.5, 0.6) is 5.88 Å². The lowest BCUT2D eigenvalue weighted by Gasteiger charge is -2.26. The molecule has 0 spiro atoms. The number of hydrogen-bond donors (Lipinski definition) is 2. The van der Waals surface area contributed by atoms with Crippen LogP contribution in [0, 0.1) is 5.92 Å². The van der Waals surface area contributed by atoms with E-state index < -0.39 is 16.0 Å². The number of sulfonamides is 1. The number of rotatable bonds is 5. The molecule has 0 aromatic carbocycles. The van der Waals surface area contributed by atoms with Gasteiger partial charge in [-0.05, 0) is 31.7 Å². The van der Waals surface area contributed by atoms with Crippen molar-refractivity contribution in [1.29, 1.82) is 0 Å². The highest BCUT2D eigenvalue weighted by molar-refractivity contribution is 7.89. The standard InChI is InChI=1S/C13H18N2O5S/c1-20-12-7-6-11(8-14-12)21(18,19)15-10-4-2-9(3-5-10)13(16)17/h6-10,15H,2-5H2,1H3,(H,16,17). The maximum absolute atomic E-state index is 12.2. The molecule has 1 heterocycles. The molecule has 1 fully saturated rings. The SMILES string of the molecule is COc1ccc(S(=O)(=O)NC2CCC(C(=O)O)CC2)cn1. The van der Waals surface area contributed by atoms with Gasteiger partial charge in [0.05, 0.1) is 19.2 Å². The molecule has 1 aromatic heterocycles. The Hall–Kier alpha value is -1.67. The van der Waals surface area contributed by atoms with E-state index in [9.17, 15) is 13.2 Å². The number of ether oxygens (including phenoxy) is 1. The molecule has 1 aromatic rings. The average molecular weight is 314 g/mol. The number of aromatic nitrogens is 1. The van der Waals surface area contributed by atoms with E-state index in [4.69, 9.17) is 9.84 Å². The molecule has 0 radical (unpaired) electrons. The van der Waals surface area contributed by atoms with Gasteiger partial charge in [-0.25, -0.2) is 18.1 Å². The third kappa shape index (κ3) is 3.92. The summed E-state index contributed by atoms with van der Waals surface area (Å²) >= 11 is 0. The summed E-state index contributed by atoms with van der Waals surface area (Å²) in [6.45, 7) is 0. The van der Waals surface area contributed by atoms with E-state index in [1.807, 2.05) is 0 Å². The monoisotopic (exact) mass is 314 g/mol. The zero-order valence-corrected chi connectivity index (χ0v) is 12.5. The second-order valence-corrected chi connectivity index (χ2v) is 6.76. The van der Waals surface area contributed by atoms with Crippen molar-refractivity contribution in [2.24, 2.45) is 5.92 Å². The number of carboxylic acid groups (broad SMARTS) is 1. The van der Waals surface area contributed by atoms with Crippen molar-refractivity contribution in [2.75, 3.05) is 7.11 Å². The molecule has 2 N–H and O–H groups in total. The summed E-state index contributed by atoms with van der Waals surface area (Å²) < 4.78 is 31.9. The van der Waals surface area contributed by atoms with Crippen LogP contribution >= 0.6 is 0 Å². The Morgan fingerprint density at radius 1 is 1.33 bits per heavy atom. The number of methoxy groups -OCH3 is 1. The first-order valence-corrected chi connectivity index (χ1v) is 8.16. The van der Waals surface area contributed by atoms with E-state index in [0.29, 0.717) is 31.6 Å². The first-order valence-electron chi connectivity index (χ1n) is 6.67. The molecule has 0 aliphatic heterocycles. The van der Waals surface area contributed by atoms with Gasteiger partial charge in [0.2, 0.25) is 15.9 Å². The summed E-state index contributed by atoms with van der Waals surface area (Å²) in [4.78, 5) is 14.8. The molecule has 0 unspecified atom stereocenters. The Bertz CT molecular complexity index is 591. The Labute approximate surface area is 123 Å². The van der Waals surface area contributed by atoms with Gasteiger partial charge in [-0.1, -0.05) is 0 Å². The molecule has 2 rings (SSSR count). The van der Waals surface area contributed by atoms with E-state index in [0.717, 1.165) is 0 Å². The largest absolute Gasteiger partial charge is 0.481 e. The maximum atomic E-state index is 12.2. The van der Waals surface area contributed by atoms with Crippen molar-refractivity contribution >= 4 is 16.0 Å². The van der Waals surface area contributed by atoms with Crippen molar-refractivity contribution in [2.45, 2.75) is 36.6 Å². The van der Waals surface area contributed by atoms with Gasteiger partial charge in [0, 0.05) is 12.1 Å². The fourth-order valence-corrected chi connectivity index (χ4v) is 3.64. The maximum Gasteiger partial charge on any atom is 0.306 e. The fraction of sp³-hybridized carbons (Fsp3) is 0.538. The van der Waals surface area contributed by atoms with Crippen LogP contribution < -0.4 is 9.46 Å². The zero-order chi connectivity index (χ0) is 15.5. The van der Waals surface area contributed by atoms with Crippen molar-refractivity contribution in [1.82, 2.24) is 9.71 Å². The van der Waals surface area contributed by atoms with Gasteiger partial charge in [-0.2, -0.15) is 0 Å². The third-order valence-electron chi connectivity index (χ3n) is 3.63. The van der Waals surface area contributed by atoms with Gasteiger partial charge in [0.1, 0.15) is 4.90 Å². The Morgan fingerprint density at radius 2 is 2.00 bits per heavy atom. The molecule has 8 heteroatoms. The van der Waals surface area contributed by atoms with Crippen LogP contribution in [0.25, 0.3) is 0 Å². The van der Waals surface area contributed by atoms with Crippen LogP contribution in [0.4, 0.5) is 0 Å². The summed E-state index contributed by atoms with van der Waals surface area (Å²) in [6.07, 6.45) is 3.27. The Morgan fingerprint density at radius 3 is 2.48 bits per heavy atom. The molecule has 7 nitrogen and oxygen atoms in total. The second kappa shape index (κ2) is 6.40. The lowest BCUT2D eigenvalue weighted by atomic mass is 9.87. The number of nitrogens with one attached hydrogen (secondary N) is 1. The van der Waals surface area contributed by atoms with E-state index in [2.05, 4.69) is 9.71 Å². The first-order chi connectivity index (χ1) is 9.92. The molecular formula is C13H18N2O5S. The highest BCUT2D eigenvalue weighted by atomic mass is 32.2. The molecule has 1 saturated carbocycles. The van der Waals surface area contributed by atoms with E-state index in [1.165, 1.54) is 25.4 Å². The lowest BCUT2D eigenvalue weighted by Crippen LogP contribution is -2.38. The molecule has 0 bridgehead atoms. The van der Waals surface area contributed by atoms with E-state index in [1.54, 1.807) is 0 Å². The highest BCUT2D eigenvalue weighted by Crippen LogP contribution is 2.25. The highest BCUT2D eigenvalue weighted by Gasteiger charge is 2.28. The Balaban J connectivity index is 1.99. The second-order valence-electron chi connectivity index (χ2n) is 5.04. The van der Waals surface area contributed by atoms with Crippen LogP contribution in [0.2, 0.25) is 0 Å². The summed E-state index contributed by atoms with van der Waals surface area (Å²) in [5.74, 6) is -0.833. The summed E-state index contributed by atoms with van der Waals surface area (Å²) in [5.41, 5.74) is 0. The van der Waals surface area contributed by atoms with Crippen LogP contribution in [-0.2, 0) is 14.8 Å². The number of aliphatic carboxylic acids is 1. The number of hydrogen-bond acceptors (Lipinski definition) is 5. The Kier molecular flexibility index (Phi) is 4.79. The van der Waals surface area contributed by atoms with Crippen LogP contribution in [0.1, 0.15) is 25.7 Å². The lowest BCUT2D eigenvalue weighted by molar-refractivity contribution is -0.142.